The van der Waals surface area contributed by atoms with Gasteiger partial charge in [-0.25, -0.2) is 0 Å². The molecule has 124 valence electrons. The molecule has 1 aliphatic carbocycles. The average Bonchev–Trinajstić information content (AvgIpc) is 3.02. The summed E-state index contributed by atoms with van der Waals surface area (Å²) in [6, 6.07) is 6.25. The lowest BCUT2D eigenvalue weighted by atomic mass is 9.74. The number of nitrogens with zero attached hydrogens (tertiary/aromatic N) is 1. The van der Waals surface area contributed by atoms with Crippen molar-refractivity contribution in [1.29, 1.82) is 0 Å². The van der Waals surface area contributed by atoms with Gasteiger partial charge in [0, 0.05) is 30.1 Å². The van der Waals surface area contributed by atoms with E-state index >= 15 is 0 Å². The van der Waals surface area contributed by atoms with E-state index in [4.69, 9.17) is 14.5 Å². The Morgan fingerprint density at radius 1 is 1.21 bits per heavy atom. The summed E-state index contributed by atoms with van der Waals surface area (Å²) in [5.74, 6) is 2.02. The fraction of sp³-hybridized carbons (Fsp3) is 0.368. The van der Waals surface area contributed by atoms with Crippen molar-refractivity contribution in [3.05, 3.63) is 40.5 Å². The molecule has 2 aromatic rings. The summed E-state index contributed by atoms with van der Waals surface area (Å²) in [5.41, 5.74) is 7.00. The van der Waals surface area contributed by atoms with Crippen LogP contribution in [0.25, 0.3) is 11.1 Å². The fourth-order valence-corrected chi connectivity index (χ4v) is 4.39. The minimum Gasteiger partial charge on any atom is -0.504 e. The number of rotatable bonds is 1. The normalized spacial score (nSPS) is 20.8. The molecule has 0 spiro atoms. The van der Waals surface area contributed by atoms with Crippen molar-refractivity contribution in [2.24, 2.45) is 0 Å². The van der Waals surface area contributed by atoms with Gasteiger partial charge in [-0.05, 0) is 53.9 Å². The largest absolute Gasteiger partial charge is 0.504 e. The lowest BCUT2D eigenvalue weighted by Crippen LogP contribution is -2.33. The zero-order chi connectivity index (χ0) is 16.4. The number of hydrogen-bond acceptors (Lipinski definition) is 5. The van der Waals surface area contributed by atoms with Crippen LogP contribution >= 0.6 is 0 Å². The fourth-order valence-electron chi connectivity index (χ4n) is 4.39. The van der Waals surface area contributed by atoms with Gasteiger partial charge in [0.25, 0.3) is 0 Å². The van der Waals surface area contributed by atoms with Crippen LogP contribution in [0.5, 0.6) is 17.2 Å². The van der Waals surface area contributed by atoms with Crippen LogP contribution in [0.3, 0.4) is 0 Å². The minimum atomic E-state index is 0.282. The van der Waals surface area contributed by atoms with Crippen LogP contribution in [0.15, 0.2) is 18.2 Å². The second-order valence-electron chi connectivity index (χ2n) is 6.93. The van der Waals surface area contributed by atoms with E-state index in [1.165, 1.54) is 22.3 Å². The number of fused-ring (bicyclic) bond motifs is 3. The van der Waals surface area contributed by atoms with Crippen molar-refractivity contribution in [3.8, 4) is 28.4 Å². The van der Waals surface area contributed by atoms with E-state index in [0.29, 0.717) is 18.3 Å². The second-order valence-corrected chi connectivity index (χ2v) is 6.93. The van der Waals surface area contributed by atoms with Crippen LogP contribution in [0.4, 0.5) is 0 Å². The molecule has 24 heavy (non-hydrogen) atoms. The van der Waals surface area contributed by atoms with Crippen LogP contribution < -0.4 is 9.62 Å². The highest BCUT2D eigenvalue weighted by molar-refractivity contribution is 5.80. The van der Waals surface area contributed by atoms with E-state index in [2.05, 4.69) is 24.1 Å². The molecule has 3 aliphatic rings. The molecule has 2 aliphatic heterocycles. The topological polar surface area (TPSA) is 51.2 Å². The first-order valence-electron chi connectivity index (χ1n) is 8.22. The molecule has 2 heterocycles. The van der Waals surface area contributed by atoms with E-state index in [-0.39, 0.29) is 5.75 Å². The Hall–Kier alpha value is -2.24. The first kappa shape index (κ1) is 14.1. The molecule has 1 N–H and O–H groups in total. The van der Waals surface area contributed by atoms with Gasteiger partial charge in [0.1, 0.15) is 6.61 Å². The van der Waals surface area contributed by atoms with E-state index < -0.39 is 0 Å². The molecule has 0 aromatic heterocycles. The van der Waals surface area contributed by atoms with E-state index in [1.54, 1.807) is 7.11 Å². The lowest BCUT2D eigenvalue weighted by Gasteiger charge is -2.38. The molecule has 1 atom stereocenters. The van der Waals surface area contributed by atoms with Gasteiger partial charge in [-0.2, -0.15) is 4.89 Å². The highest BCUT2D eigenvalue weighted by Crippen LogP contribution is 2.51. The standard InChI is InChI=1S/C19H19NO4/c1-20-7-11-3-10-5-16-12(9-23-24-16)4-13(10)14-6-17(22-2)19(21)15(8-20)18(11)14/h4-6,11,21H,3,7-9H2,1-2H3. The molecule has 0 radical (unpaired) electrons. The summed E-state index contributed by atoms with van der Waals surface area (Å²) < 4.78 is 5.44. The lowest BCUT2D eigenvalue weighted by molar-refractivity contribution is -0.194. The molecule has 0 bridgehead atoms. The Labute approximate surface area is 140 Å². The Bertz CT molecular complexity index is 861. The van der Waals surface area contributed by atoms with Crippen LogP contribution in [-0.4, -0.2) is 30.7 Å². The summed E-state index contributed by atoms with van der Waals surface area (Å²) in [6.07, 6.45) is 0.947. The number of phenols is 1. The summed E-state index contributed by atoms with van der Waals surface area (Å²) in [5, 5.41) is 10.6. The van der Waals surface area contributed by atoms with Crippen LogP contribution in [0.1, 0.15) is 28.2 Å². The molecule has 5 rings (SSSR count). The van der Waals surface area contributed by atoms with Crippen molar-refractivity contribution in [3.63, 3.8) is 0 Å². The first-order chi connectivity index (χ1) is 11.7. The number of methoxy groups -OCH3 is 1. The quantitative estimate of drug-likeness (QED) is 0.817. The van der Waals surface area contributed by atoms with Gasteiger partial charge >= 0.3 is 0 Å². The predicted molar refractivity (Wildman–Crippen MR) is 88.3 cm³/mol. The molecular formula is C19H19NO4. The third kappa shape index (κ3) is 1.82. The number of phenolic OH excluding ortho intramolecular Hbond substituents is 1. The summed E-state index contributed by atoms with van der Waals surface area (Å²) in [6.45, 7) is 2.21. The maximum absolute atomic E-state index is 10.6. The smallest absolute Gasteiger partial charge is 0.171 e. The third-order valence-electron chi connectivity index (χ3n) is 5.40. The molecule has 0 saturated heterocycles. The van der Waals surface area contributed by atoms with Crippen molar-refractivity contribution in [2.75, 3.05) is 20.7 Å². The molecule has 5 heteroatoms. The van der Waals surface area contributed by atoms with Gasteiger partial charge < -0.3 is 19.6 Å². The van der Waals surface area contributed by atoms with Gasteiger partial charge in [0.15, 0.2) is 17.2 Å². The highest BCUT2D eigenvalue weighted by atomic mass is 17.2. The number of benzene rings is 2. The highest BCUT2D eigenvalue weighted by Gasteiger charge is 2.35. The summed E-state index contributed by atoms with van der Waals surface area (Å²) >= 11 is 0. The maximum atomic E-state index is 10.6. The molecular weight excluding hydrogens is 306 g/mol. The van der Waals surface area contributed by atoms with Crippen molar-refractivity contribution in [1.82, 2.24) is 4.90 Å². The van der Waals surface area contributed by atoms with Crippen molar-refractivity contribution < 1.29 is 19.6 Å². The summed E-state index contributed by atoms with van der Waals surface area (Å²) in [4.78, 5) is 12.6. The number of likely N-dealkylation sites (N-methyl/N-ethyl adjacent to an activating group) is 1. The number of hydrogen-bond donors (Lipinski definition) is 1. The number of ether oxygens (including phenoxy) is 1. The van der Waals surface area contributed by atoms with Crippen LogP contribution in [0.2, 0.25) is 0 Å². The van der Waals surface area contributed by atoms with Crippen molar-refractivity contribution >= 4 is 0 Å². The van der Waals surface area contributed by atoms with Crippen LogP contribution in [-0.2, 0) is 24.5 Å². The minimum absolute atomic E-state index is 0.282. The zero-order valence-electron chi connectivity index (χ0n) is 13.8. The van der Waals surface area contributed by atoms with Crippen LogP contribution in [0, 0.1) is 0 Å². The van der Waals surface area contributed by atoms with E-state index in [1.807, 2.05) is 6.07 Å². The molecule has 5 nitrogen and oxygen atoms in total. The first-order valence-corrected chi connectivity index (χ1v) is 8.22. The van der Waals surface area contributed by atoms with Gasteiger partial charge in [0.05, 0.1) is 7.11 Å². The maximum Gasteiger partial charge on any atom is 0.171 e. The SMILES string of the molecule is COc1cc2c3c(c1O)CN(C)CC3Cc1cc3c(cc1-2)COO3. The Morgan fingerprint density at radius 2 is 2.08 bits per heavy atom. The molecule has 1 unspecified atom stereocenters. The van der Waals surface area contributed by atoms with E-state index in [0.717, 1.165) is 36.4 Å². The predicted octanol–water partition coefficient (Wildman–Crippen LogP) is 2.98. The Kier molecular flexibility index (Phi) is 2.87. The average molecular weight is 325 g/mol. The zero-order valence-corrected chi connectivity index (χ0v) is 13.8. The van der Waals surface area contributed by atoms with Gasteiger partial charge in [-0.3, -0.25) is 0 Å². The molecule has 0 amide bonds. The third-order valence-corrected chi connectivity index (χ3v) is 5.40. The monoisotopic (exact) mass is 325 g/mol. The molecule has 2 aromatic carbocycles. The number of aromatic hydroxyl groups is 1. The molecule has 0 saturated carbocycles. The van der Waals surface area contributed by atoms with Gasteiger partial charge in [0.2, 0.25) is 0 Å². The Balaban J connectivity index is 1.80. The Morgan fingerprint density at radius 3 is 2.92 bits per heavy atom. The van der Waals surface area contributed by atoms with Gasteiger partial charge in [-0.1, -0.05) is 0 Å². The molecule has 0 fully saturated rings. The van der Waals surface area contributed by atoms with Gasteiger partial charge in [-0.15, -0.1) is 0 Å². The van der Waals surface area contributed by atoms with Crippen molar-refractivity contribution in [2.45, 2.75) is 25.5 Å². The van der Waals surface area contributed by atoms with E-state index in [9.17, 15) is 5.11 Å². The second kappa shape index (κ2) is 4.88. The summed E-state index contributed by atoms with van der Waals surface area (Å²) in [7, 11) is 3.70.